The summed E-state index contributed by atoms with van der Waals surface area (Å²) in [6.07, 6.45) is 2.18. The van der Waals surface area contributed by atoms with Crippen molar-refractivity contribution in [3.8, 4) is 0 Å². The zero-order valence-corrected chi connectivity index (χ0v) is 11.5. The van der Waals surface area contributed by atoms with Crippen LogP contribution < -0.4 is 5.32 Å². The smallest absolute Gasteiger partial charge is 0.306 e. The number of hydrogen-bond acceptors (Lipinski definition) is 3. The molecule has 0 aromatic heterocycles. The largest absolute Gasteiger partial charge is 0.481 e. The molecule has 5 heteroatoms. The summed E-state index contributed by atoms with van der Waals surface area (Å²) < 4.78 is 0. The van der Waals surface area contributed by atoms with E-state index in [2.05, 4.69) is 10.2 Å². The lowest BCUT2D eigenvalue weighted by Crippen LogP contribution is -2.52. The van der Waals surface area contributed by atoms with E-state index in [9.17, 15) is 9.59 Å². The van der Waals surface area contributed by atoms with Crippen molar-refractivity contribution in [3.05, 3.63) is 0 Å². The molecule has 0 aromatic carbocycles. The number of carbonyl (C=O) groups is 2. The molecule has 1 heterocycles. The standard InChI is InChI=1S/C13H24N2O3/c1-4-6-14-12(16)10(3)15-7-5-11(13(17)18)8-9(15)2/h9-11H,4-8H2,1-3H3,(H,14,16)(H,17,18). The van der Waals surface area contributed by atoms with Gasteiger partial charge < -0.3 is 10.4 Å². The number of rotatable bonds is 5. The van der Waals surface area contributed by atoms with E-state index in [4.69, 9.17) is 5.11 Å². The third kappa shape index (κ3) is 3.70. The van der Waals surface area contributed by atoms with Gasteiger partial charge in [0.05, 0.1) is 12.0 Å². The molecule has 0 saturated carbocycles. The molecule has 1 rings (SSSR count). The van der Waals surface area contributed by atoms with Crippen LogP contribution in [0.15, 0.2) is 0 Å². The highest BCUT2D eigenvalue weighted by Crippen LogP contribution is 2.24. The predicted octanol–water partition coefficient (Wildman–Crippen LogP) is 1.09. The third-order valence-corrected chi connectivity index (χ3v) is 3.70. The zero-order chi connectivity index (χ0) is 13.7. The quantitative estimate of drug-likeness (QED) is 0.772. The van der Waals surface area contributed by atoms with Crippen molar-refractivity contribution < 1.29 is 14.7 Å². The van der Waals surface area contributed by atoms with Crippen LogP contribution in [-0.4, -0.2) is 47.1 Å². The van der Waals surface area contributed by atoms with Crippen LogP contribution in [0.4, 0.5) is 0 Å². The molecule has 1 aliphatic rings. The van der Waals surface area contributed by atoms with Crippen molar-refractivity contribution in [1.82, 2.24) is 10.2 Å². The molecule has 0 bridgehead atoms. The number of nitrogens with one attached hydrogen (secondary N) is 1. The normalized spacial score (nSPS) is 26.6. The minimum absolute atomic E-state index is 0.0393. The second-order valence-electron chi connectivity index (χ2n) is 5.11. The Morgan fingerprint density at radius 2 is 2.17 bits per heavy atom. The lowest BCUT2D eigenvalue weighted by atomic mass is 9.90. The van der Waals surface area contributed by atoms with E-state index in [1.54, 1.807) is 0 Å². The summed E-state index contributed by atoms with van der Waals surface area (Å²) in [7, 11) is 0. The highest BCUT2D eigenvalue weighted by Gasteiger charge is 2.33. The van der Waals surface area contributed by atoms with Crippen LogP contribution in [0.2, 0.25) is 0 Å². The predicted molar refractivity (Wildman–Crippen MR) is 69.3 cm³/mol. The number of amides is 1. The highest BCUT2D eigenvalue weighted by molar-refractivity contribution is 5.81. The maximum absolute atomic E-state index is 11.9. The Balaban J connectivity index is 2.52. The first-order valence-electron chi connectivity index (χ1n) is 6.73. The topological polar surface area (TPSA) is 69.6 Å². The van der Waals surface area contributed by atoms with Gasteiger partial charge in [-0.25, -0.2) is 0 Å². The number of aliphatic carboxylic acids is 1. The first-order chi connectivity index (χ1) is 8.47. The van der Waals surface area contributed by atoms with Crippen LogP contribution in [0.1, 0.15) is 40.0 Å². The maximum atomic E-state index is 11.9. The Morgan fingerprint density at radius 3 is 2.67 bits per heavy atom. The molecule has 18 heavy (non-hydrogen) atoms. The molecule has 3 atom stereocenters. The van der Waals surface area contributed by atoms with Crippen LogP contribution in [0.25, 0.3) is 0 Å². The van der Waals surface area contributed by atoms with Gasteiger partial charge in [0.2, 0.25) is 5.91 Å². The molecule has 1 fully saturated rings. The molecule has 1 aliphatic heterocycles. The number of piperidine rings is 1. The fourth-order valence-corrected chi connectivity index (χ4v) is 2.54. The molecule has 104 valence electrons. The van der Waals surface area contributed by atoms with E-state index < -0.39 is 5.97 Å². The van der Waals surface area contributed by atoms with Gasteiger partial charge in [-0.1, -0.05) is 6.92 Å². The van der Waals surface area contributed by atoms with Gasteiger partial charge in [-0.05, 0) is 33.1 Å². The molecule has 0 aromatic rings. The van der Waals surface area contributed by atoms with Crippen LogP contribution in [0.3, 0.4) is 0 Å². The van der Waals surface area contributed by atoms with E-state index in [-0.39, 0.29) is 23.9 Å². The van der Waals surface area contributed by atoms with Gasteiger partial charge >= 0.3 is 5.97 Å². The Bertz CT molecular complexity index is 307. The van der Waals surface area contributed by atoms with E-state index in [0.717, 1.165) is 6.42 Å². The van der Waals surface area contributed by atoms with Crippen LogP contribution >= 0.6 is 0 Å². The molecule has 0 spiro atoms. The Kier molecular flexibility index (Phi) is 5.59. The molecule has 3 unspecified atom stereocenters. The summed E-state index contributed by atoms with van der Waals surface area (Å²) in [6.45, 7) is 7.29. The third-order valence-electron chi connectivity index (χ3n) is 3.70. The number of hydrogen-bond donors (Lipinski definition) is 2. The second-order valence-corrected chi connectivity index (χ2v) is 5.11. The van der Waals surface area contributed by atoms with E-state index in [1.165, 1.54) is 0 Å². The summed E-state index contributed by atoms with van der Waals surface area (Å²) in [5.41, 5.74) is 0. The van der Waals surface area contributed by atoms with Crippen molar-refractivity contribution in [3.63, 3.8) is 0 Å². The van der Waals surface area contributed by atoms with Crippen molar-refractivity contribution >= 4 is 11.9 Å². The van der Waals surface area contributed by atoms with E-state index >= 15 is 0 Å². The maximum Gasteiger partial charge on any atom is 0.306 e. The first kappa shape index (κ1) is 15.0. The van der Waals surface area contributed by atoms with Gasteiger partial charge in [-0.15, -0.1) is 0 Å². The lowest BCUT2D eigenvalue weighted by Gasteiger charge is -2.39. The summed E-state index contributed by atoms with van der Waals surface area (Å²) in [4.78, 5) is 24.9. The van der Waals surface area contributed by atoms with Crippen molar-refractivity contribution in [2.45, 2.75) is 52.1 Å². The van der Waals surface area contributed by atoms with Crippen LogP contribution in [0, 0.1) is 5.92 Å². The van der Waals surface area contributed by atoms with Crippen molar-refractivity contribution in [2.24, 2.45) is 5.92 Å². The number of carboxylic acids is 1. The van der Waals surface area contributed by atoms with Gasteiger partial charge in [0, 0.05) is 19.1 Å². The lowest BCUT2D eigenvalue weighted by molar-refractivity contribution is -0.144. The number of carboxylic acid groups (broad SMARTS) is 1. The van der Waals surface area contributed by atoms with Gasteiger partial charge in [0.1, 0.15) is 0 Å². The summed E-state index contributed by atoms with van der Waals surface area (Å²) in [5, 5.41) is 11.9. The van der Waals surface area contributed by atoms with Crippen molar-refractivity contribution in [1.29, 1.82) is 0 Å². The summed E-state index contributed by atoms with van der Waals surface area (Å²) >= 11 is 0. The SMILES string of the molecule is CCCNC(=O)C(C)N1CCC(C(=O)O)CC1C. The summed E-state index contributed by atoms with van der Waals surface area (Å²) in [5.74, 6) is -0.941. The number of likely N-dealkylation sites (tertiary alicyclic amines) is 1. The van der Waals surface area contributed by atoms with Gasteiger partial charge in [-0.3, -0.25) is 14.5 Å². The van der Waals surface area contributed by atoms with Gasteiger partial charge in [0.25, 0.3) is 0 Å². The van der Waals surface area contributed by atoms with Crippen LogP contribution in [0.5, 0.6) is 0 Å². The second kappa shape index (κ2) is 6.73. The minimum Gasteiger partial charge on any atom is -0.481 e. The van der Waals surface area contributed by atoms with E-state index in [0.29, 0.717) is 25.9 Å². The zero-order valence-electron chi connectivity index (χ0n) is 11.5. The highest BCUT2D eigenvalue weighted by atomic mass is 16.4. The molecule has 0 aliphatic carbocycles. The molecule has 1 amide bonds. The molecule has 2 N–H and O–H groups in total. The van der Waals surface area contributed by atoms with Crippen molar-refractivity contribution in [2.75, 3.05) is 13.1 Å². The molecular weight excluding hydrogens is 232 g/mol. The summed E-state index contributed by atoms with van der Waals surface area (Å²) in [6, 6.07) is -0.0384. The first-order valence-corrected chi connectivity index (χ1v) is 6.73. The molecule has 1 saturated heterocycles. The Hall–Kier alpha value is -1.10. The monoisotopic (exact) mass is 256 g/mol. The van der Waals surface area contributed by atoms with Gasteiger partial charge in [-0.2, -0.15) is 0 Å². The number of carbonyl (C=O) groups excluding carboxylic acids is 1. The fraction of sp³-hybridized carbons (Fsp3) is 0.846. The molecule has 0 radical (unpaired) electrons. The minimum atomic E-state index is -0.718. The van der Waals surface area contributed by atoms with E-state index in [1.807, 2.05) is 20.8 Å². The number of nitrogens with zero attached hydrogens (tertiary/aromatic N) is 1. The Morgan fingerprint density at radius 1 is 1.50 bits per heavy atom. The molecule has 5 nitrogen and oxygen atoms in total. The average molecular weight is 256 g/mol. The average Bonchev–Trinajstić information content (AvgIpc) is 2.34. The fourth-order valence-electron chi connectivity index (χ4n) is 2.54. The molecular formula is C13H24N2O3. The van der Waals surface area contributed by atoms with Gasteiger partial charge in [0.15, 0.2) is 0 Å². The van der Waals surface area contributed by atoms with Crippen LogP contribution in [-0.2, 0) is 9.59 Å². The Labute approximate surface area is 109 Å².